The highest BCUT2D eigenvalue weighted by atomic mass is 19.4. The van der Waals surface area contributed by atoms with Gasteiger partial charge in [0.2, 0.25) is 5.95 Å². The van der Waals surface area contributed by atoms with E-state index in [1.807, 2.05) is 0 Å². The van der Waals surface area contributed by atoms with E-state index in [0.29, 0.717) is 30.4 Å². The first-order valence-electron chi connectivity index (χ1n) is 8.96. The van der Waals surface area contributed by atoms with Crippen molar-refractivity contribution in [3.8, 4) is 11.3 Å². The second-order valence-corrected chi connectivity index (χ2v) is 6.35. The standard InChI is InChI=1S/C20H20F3N5O/c1-13-3-4-15(11-16(13)20(21,22)23)26-18-12-17(14-5-8-24-9-6-14)27-19(28-18)25-7-2-10-29/h3-6,8-9,11-12,29H,2,7,10H2,1H3,(H2,25,26,27,28). The van der Waals surface area contributed by atoms with Gasteiger partial charge in [-0.25, -0.2) is 4.98 Å². The molecule has 1 aromatic carbocycles. The van der Waals surface area contributed by atoms with Gasteiger partial charge < -0.3 is 15.7 Å². The van der Waals surface area contributed by atoms with E-state index in [1.165, 1.54) is 13.0 Å². The van der Waals surface area contributed by atoms with Gasteiger partial charge in [0.1, 0.15) is 5.82 Å². The van der Waals surface area contributed by atoms with Crippen molar-refractivity contribution in [2.75, 3.05) is 23.8 Å². The lowest BCUT2D eigenvalue weighted by Gasteiger charge is -2.14. The van der Waals surface area contributed by atoms with Crippen LogP contribution >= 0.6 is 0 Å². The molecule has 0 saturated carbocycles. The maximum absolute atomic E-state index is 13.2. The molecule has 3 rings (SSSR count). The number of hydrogen-bond acceptors (Lipinski definition) is 6. The number of nitrogens with zero attached hydrogens (tertiary/aromatic N) is 3. The average molecular weight is 403 g/mol. The van der Waals surface area contributed by atoms with Crippen LogP contribution in [0.25, 0.3) is 11.3 Å². The summed E-state index contributed by atoms with van der Waals surface area (Å²) in [6.07, 6.45) is -0.677. The summed E-state index contributed by atoms with van der Waals surface area (Å²) in [6, 6.07) is 9.24. The van der Waals surface area contributed by atoms with Crippen molar-refractivity contribution >= 4 is 17.5 Å². The molecule has 0 aliphatic heterocycles. The van der Waals surface area contributed by atoms with Crippen LogP contribution < -0.4 is 10.6 Å². The zero-order valence-corrected chi connectivity index (χ0v) is 15.7. The number of nitrogens with one attached hydrogen (secondary N) is 2. The summed E-state index contributed by atoms with van der Waals surface area (Å²) in [5, 5.41) is 14.9. The molecular weight excluding hydrogens is 383 g/mol. The van der Waals surface area contributed by atoms with E-state index in [2.05, 4.69) is 25.6 Å². The van der Waals surface area contributed by atoms with Gasteiger partial charge in [0.25, 0.3) is 0 Å². The molecule has 152 valence electrons. The Morgan fingerprint density at radius 2 is 1.79 bits per heavy atom. The lowest BCUT2D eigenvalue weighted by molar-refractivity contribution is -0.138. The van der Waals surface area contributed by atoms with E-state index in [-0.39, 0.29) is 17.9 Å². The Morgan fingerprint density at radius 1 is 1.03 bits per heavy atom. The van der Waals surface area contributed by atoms with Crippen molar-refractivity contribution in [1.29, 1.82) is 0 Å². The number of hydrogen-bond donors (Lipinski definition) is 3. The molecule has 0 aliphatic carbocycles. The predicted molar refractivity (Wildman–Crippen MR) is 105 cm³/mol. The first-order chi connectivity index (χ1) is 13.9. The fraction of sp³-hybridized carbons (Fsp3) is 0.250. The van der Waals surface area contributed by atoms with Crippen molar-refractivity contribution in [2.24, 2.45) is 0 Å². The van der Waals surface area contributed by atoms with E-state index in [4.69, 9.17) is 5.11 Å². The Hall–Kier alpha value is -3.20. The molecule has 3 N–H and O–H groups in total. The van der Waals surface area contributed by atoms with Gasteiger partial charge in [0.15, 0.2) is 0 Å². The number of rotatable bonds is 7. The average Bonchev–Trinajstić information content (AvgIpc) is 2.69. The molecule has 9 heteroatoms. The van der Waals surface area contributed by atoms with Gasteiger partial charge in [-0.3, -0.25) is 4.98 Å². The van der Waals surface area contributed by atoms with Crippen LogP contribution in [0.2, 0.25) is 0 Å². The smallest absolute Gasteiger partial charge is 0.396 e. The summed E-state index contributed by atoms with van der Waals surface area (Å²) in [5.41, 5.74) is 1.08. The van der Waals surface area contributed by atoms with Crippen LogP contribution in [0.5, 0.6) is 0 Å². The molecule has 0 unspecified atom stereocenters. The SMILES string of the molecule is Cc1ccc(Nc2cc(-c3ccncc3)nc(NCCCO)n2)cc1C(F)(F)F. The third-order valence-corrected chi connectivity index (χ3v) is 4.14. The Balaban J connectivity index is 1.95. The first-order valence-corrected chi connectivity index (χ1v) is 8.96. The highest BCUT2D eigenvalue weighted by Crippen LogP contribution is 2.34. The fourth-order valence-corrected chi connectivity index (χ4v) is 2.69. The number of benzene rings is 1. The maximum Gasteiger partial charge on any atom is 0.416 e. The molecule has 0 bridgehead atoms. The summed E-state index contributed by atoms with van der Waals surface area (Å²) < 4.78 is 39.6. The van der Waals surface area contributed by atoms with E-state index >= 15 is 0 Å². The molecule has 0 spiro atoms. The van der Waals surface area contributed by atoms with E-state index < -0.39 is 11.7 Å². The Bertz CT molecular complexity index is 964. The topological polar surface area (TPSA) is 83.0 Å². The molecule has 29 heavy (non-hydrogen) atoms. The number of aliphatic hydroxyl groups excluding tert-OH is 1. The van der Waals surface area contributed by atoms with E-state index in [9.17, 15) is 13.2 Å². The first kappa shape index (κ1) is 20.5. The van der Waals surface area contributed by atoms with Crippen LogP contribution in [0.3, 0.4) is 0 Å². The number of halogens is 3. The quantitative estimate of drug-likeness (QED) is 0.507. The van der Waals surface area contributed by atoms with Gasteiger partial charge >= 0.3 is 6.18 Å². The molecule has 0 aliphatic rings. The maximum atomic E-state index is 13.2. The number of anilines is 3. The number of aromatic nitrogens is 3. The molecule has 0 radical (unpaired) electrons. The molecular formula is C20H20F3N5O. The number of aryl methyl sites for hydroxylation is 1. The molecule has 0 amide bonds. The van der Waals surface area contributed by atoms with Crippen molar-refractivity contribution in [3.05, 3.63) is 59.9 Å². The van der Waals surface area contributed by atoms with Crippen LogP contribution in [0.15, 0.2) is 48.8 Å². The molecule has 0 saturated heterocycles. The van der Waals surface area contributed by atoms with Gasteiger partial charge in [-0.15, -0.1) is 0 Å². The molecule has 6 nitrogen and oxygen atoms in total. The van der Waals surface area contributed by atoms with Crippen molar-refractivity contribution in [2.45, 2.75) is 19.5 Å². The molecule has 0 atom stereocenters. The molecule has 0 fully saturated rings. The van der Waals surface area contributed by atoms with E-state index in [0.717, 1.165) is 11.6 Å². The van der Waals surface area contributed by atoms with Gasteiger partial charge in [0.05, 0.1) is 11.3 Å². The Labute approximate surface area is 165 Å². The number of pyridine rings is 1. The summed E-state index contributed by atoms with van der Waals surface area (Å²) >= 11 is 0. The second kappa shape index (κ2) is 8.87. The summed E-state index contributed by atoms with van der Waals surface area (Å²) in [4.78, 5) is 12.7. The van der Waals surface area contributed by atoms with Crippen molar-refractivity contribution < 1.29 is 18.3 Å². The summed E-state index contributed by atoms with van der Waals surface area (Å²) in [6.45, 7) is 1.90. The second-order valence-electron chi connectivity index (χ2n) is 6.35. The zero-order valence-electron chi connectivity index (χ0n) is 15.7. The van der Waals surface area contributed by atoms with Crippen molar-refractivity contribution in [3.63, 3.8) is 0 Å². The monoisotopic (exact) mass is 403 g/mol. The van der Waals surface area contributed by atoms with Gasteiger partial charge in [-0.2, -0.15) is 18.2 Å². The van der Waals surface area contributed by atoms with E-state index in [1.54, 1.807) is 36.7 Å². The van der Waals surface area contributed by atoms with Crippen molar-refractivity contribution in [1.82, 2.24) is 15.0 Å². The fourth-order valence-electron chi connectivity index (χ4n) is 2.69. The molecule has 2 aromatic heterocycles. The van der Waals surface area contributed by atoms with Crippen LogP contribution in [-0.2, 0) is 6.18 Å². The van der Waals surface area contributed by atoms with Gasteiger partial charge in [-0.1, -0.05) is 6.07 Å². The highest BCUT2D eigenvalue weighted by molar-refractivity contribution is 5.67. The third-order valence-electron chi connectivity index (χ3n) is 4.14. The minimum absolute atomic E-state index is 0.0196. The number of aliphatic hydroxyl groups is 1. The predicted octanol–water partition coefficient (Wildman–Crippen LogP) is 4.40. The Morgan fingerprint density at radius 3 is 2.48 bits per heavy atom. The van der Waals surface area contributed by atoms with Crippen LogP contribution in [0.1, 0.15) is 17.5 Å². The Kier molecular flexibility index (Phi) is 6.28. The van der Waals surface area contributed by atoms with Crippen LogP contribution in [0, 0.1) is 6.92 Å². The largest absolute Gasteiger partial charge is 0.416 e. The van der Waals surface area contributed by atoms with Crippen LogP contribution in [-0.4, -0.2) is 33.2 Å². The normalized spacial score (nSPS) is 11.3. The minimum Gasteiger partial charge on any atom is -0.396 e. The van der Waals surface area contributed by atoms with Gasteiger partial charge in [-0.05, 0) is 43.2 Å². The third kappa shape index (κ3) is 5.41. The molecule has 3 aromatic rings. The lowest BCUT2D eigenvalue weighted by Crippen LogP contribution is -2.10. The zero-order chi connectivity index (χ0) is 20.9. The highest BCUT2D eigenvalue weighted by Gasteiger charge is 2.32. The minimum atomic E-state index is -4.44. The number of alkyl halides is 3. The lowest BCUT2D eigenvalue weighted by atomic mass is 10.1. The van der Waals surface area contributed by atoms with Crippen LogP contribution in [0.4, 0.5) is 30.6 Å². The van der Waals surface area contributed by atoms with Gasteiger partial charge in [0, 0.05) is 42.9 Å². The summed E-state index contributed by atoms with van der Waals surface area (Å²) in [7, 11) is 0. The molecule has 2 heterocycles. The summed E-state index contributed by atoms with van der Waals surface area (Å²) in [5.74, 6) is 0.647.